The van der Waals surface area contributed by atoms with Crippen molar-refractivity contribution in [1.29, 1.82) is 0 Å². The molecular formula is C17H13ClN8O. The lowest BCUT2D eigenvalue weighted by Crippen LogP contribution is -2.16. The van der Waals surface area contributed by atoms with Crippen molar-refractivity contribution in [3.8, 4) is 5.95 Å². The lowest BCUT2D eigenvalue weighted by Gasteiger charge is -2.10. The van der Waals surface area contributed by atoms with Gasteiger partial charge >= 0.3 is 0 Å². The van der Waals surface area contributed by atoms with E-state index in [0.717, 1.165) is 35.1 Å². The topological polar surface area (TPSA) is 98.4 Å². The minimum atomic E-state index is -0.665. The normalized spacial score (nSPS) is 15.9. The van der Waals surface area contributed by atoms with E-state index >= 15 is 0 Å². The van der Waals surface area contributed by atoms with Crippen molar-refractivity contribution < 1.29 is 5.11 Å². The largest absolute Gasteiger partial charge is 0.389 e. The van der Waals surface area contributed by atoms with Crippen LogP contribution in [0.25, 0.3) is 28.1 Å². The number of aromatic nitrogens is 8. The SMILES string of the molecule is OC1(Cc2cnnn2-c2nnc3c4ccccc4n4c(Cl)ncc4n23)CC1. The number of halogens is 1. The average Bonchev–Trinajstić information content (AvgIpc) is 3.06. The van der Waals surface area contributed by atoms with Gasteiger partial charge in [-0.25, -0.2) is 9.38 Å². The molecule has 1 aromatic carbocycles. The summed E-state index contributed by atoms with van der Waals surface area (Å²) in [6.45, 7) is 0. The Balaban J connectivity index is 1.70. The summed E-state index contributed by atoms with van der Waals surface area (Å²) in [4.78, 5) is 4.26. The summed E-state index contributed by atoms with van der Waals surface area (Å²) < 4.78 is 5.32. The monoisotopic (exact) mass is 380 g/mol. The van der Waals surface area contributed by atoms with Gasteiger partial charge in [-0.15, -0.1) is 15.3 Å². The summed E-state index contributed by atoms with van der Waals surface area (Å²) in [5.74, 6) is 0.481. The van der Waals surface area contributed by atoms with Crippen LogP contribution in [0.4, 0.5) is 0 Å². The molecule has 5 aromatic rings. The Hall–Kier alpha value is -3.04. The zero-order valence-electron chi connectivity index (χ0n) is 14.0. The maximum atomic E-state index is 10.3. The average molecular weight is 381 g/mol. The van der Waals surface area contributed by atoms with Crippen molar-refractivity contribution in [3.63, 3.8) is 0 Å². The van der Waals surface area contributed by atoms with Crippen molar-refractivity contribution in [2.45, 2.75) is 24.9 Å². The zero-order chi connectivity index (χ0) is 18.2. The molecule has 1 N–H and O–H groups in total. The quantitative estimate of drug-likeness (QED) is 0.512. The standard InChI is InChI=1S/C17H13ClN8O/c18-15-19-9-13-24(15)12-4-2-1-3-11(12)14-21-22-16(25(13)14)26-10(8-20-23-26)7-17(27)5-6-17/h1-4,8-9,27H,5-7H2. The molecular weight excluding hydrogens is 368 g/mol. The maximum Gasteiger partial charge on any atom is 0.259 e. The fraction of sp³-hybridized carbons (Fsp3) is 0.235. The van der Waals surface area contributed by atoms with E-state index in [-0.39, 0.29) is 0 Å². The highest BCUT2D eigenvalue weighted by atomic mass is 35.5. The lowest BCUT2D eigenvalue weighted by molar-refractivity contribution is 0.149. The highest BCUT2D eigenvalue weighted by molar-refractivity contribution is 6.29. The van der Waals surface area contributed by atoms with E-state index in [1.54, 1.807) is 17.1 Å². The highest BCUT2D eigenvalue weighted by Crippen LogP contribution is 2.38. The number of aliphatic hydroxyl groups is 1. The fourth-order valence-electron chi connectivity index (χ4n) is 3.56. The van der Waals surface area contributed by atoms with Crippen LogP contribution in [0.1, 0.15) is 18.5 Å². The van der Waals surface area contributed by atoms with Crippen LogP contribution in [0, 0.1) is 0 Å². The van der Waals surface area contributed by atoms with Crippen LogP contribution in [0.5, 0.6) is 0 Å². The molecule has 10 heteroatoms. The molecule has 0 amide bonds. The Morgan fingerprint density at radius 1 is 1.11 bits per heavy atom. The third-order valence-corrected chi connectivity index (χ3v) is 5.37. The van der Waals surface area contributed by atoms with Crippen molar-refractivity contribution in [1.82, 2.24) is 39.0 Å². The van der Waals surface area contributed by atoms with E-state index in [9.17, 15) is 5.11 Å². The van der Waals surface area contributed by atoms with Crippen LogP contribution in [0.3, 0.4) is 0 Å². The molecule has 4 aromatic heterocycles. The summed E-state index contributed by atoms with van der Waals surface area (Å²) >= 11 is 6.35. The molecule has 1 aliphatic carbocycles. The second kappa shape index (κ2) is 5.02. The van der Waals surface area contributed by atoms with Crippen molar-refractivity contribution in [2.75, 3.05) is 0 Å². The number of para-hydroxylation sites is 1. The fourth-order valence-corrected chi connectivity index (χ4v) is 3.79. The predicted molar refractivity (Wildman–Crippen MR) is 97.1 cm³/mol. The summed E-state index contributed by atoms with van der Waals surface area (Å²) in [7, 11) is 0. The van der Waals surface area contributed by atoms with E-state index in [1.165, 1.54) is 0 Å². The Kier molecular flexibility index (Phi) is 2.80. The molecule has 27 heavy (non-hydrogen) atoms. The van der Waals surface area contributed by atoms with Gasteiger partial charge in [-0.2, -0.15) is 4.68 Å². The van der Waals surface area contributed by atoms with Crippen molar-refractivity contribution >= 4 is 33.8 Å². The van der Waals surface area contributed by atoms with Crippen molar-refractivity contribution in [2.24, 2.45) is 0 Å². The number of hydrogen-bond acceptors (Lipinski definition) is 6. The van der Waals surface area contributed by atoms with Gasteiger partial charge < -0.3 is 5.11 Å². The molecule has 0 radical (unpaired) electrons. The molecule has 0 bridgehead atoms. The predicted octanol–water partition coefficient (Wildman–Crippen LogP) is 1.83. The third-order valence-electron chi connectivity index (χ3n) is 5.11. The van der Waals surface area contributed by atoms with Gasteiger partial charge in [-0.1, -0.05) is 17.3 Å². The smallest absolute Gasteiger partial charge is 0.259 e. The van der Waals surface area contributed by atoms with E-state index in [2.05, 4.69) is 25.5 Å². The molecule has 134 valence electrons. The first-order valence-electron chi connectivity index (χ1n) is 8.56. The van der Waals surface area contributed by atoms with Gasteiger partial charge in [0.15, 0.2) is 5.65 Å². The van der Waals surface area contributed by atoms with Crippen LogP contribution in [-0.2, 0) is 6.42 Å². The van der Waals surface area contributed by atoms with E-state index < -0.39 is 5.60 Å². The molecule has 0 aliphatic heterocycles. The second-order valence-corrected chi connectivity index (χ2v) is 7.27. The summed E-state index contributed by atoms with van der Waals surface area (Å²) in [5.41, 5.74) is 2.41. The number of rotatable bonds is 3. The molecule has 1 saturated carbocycles. The Morgan fingerprint density at radius 3 is 2.81 bits per heavy atom. The first-order chi connectivity index (χ1) is 13.1. The van der Waals surface area contributed by atoms with Crippen LogP contribution >= 0.6 is 11.6 Å². The Labute approximate surface area is 156 Å². The van der Waals surface area contributed by atoms with Gasteiger partial charge in [0.05, 0.1) is 29.2 Å². The van der Waals surface area contributed by atoms with E-state index in [0.29, 0.717) is 23.3 Å². The minimum Gasteiger partial charge on any atom is -0.389 e. The second-order valence-electron chi connectivity index (χ2n) is 6.94. The van der Waals surface area contributed by atoms with Crippen LogP contribution in [0.2, 0.25) is 5.28 Å². The molecule has 1 aliphatic rings. The first kappa shape index (κ1) is 15.1. The Bertz CT molecular complexity index is 1350. The molecule has 9 nitrogen and oxygen atoms in total. The molecule has 0 atom stereocenters. The summed E-state index contributed by atoms with van der Waals surface area (Å²) in [5, 5.41) is 28.5. The van der Waals surface area contributed by atoms with Gasteiger partial charge in [0.25, 0.3) is 5.95 Å². The first-order valence-corrected chi connectivity index (χ1v) is 8.94. The molecule has 0 saturated heterocycles. The minimum absolute atomic E-state index is 0.355. The molecule has 0 unspecified atom stereocenters. The van der Waals surface area contributed by atoms with Gasteiger partial charge in [0.1, 0.15) is 5.65 Å². The summed E-state index contributed by atoms with van der Waals surface area (Å²) in [6, 6.07) is 7.82. The zero-order valence-corrected chi connectivity index (χ0v) is 14.7. The number of hydrogen-bond donors (Lipinski definition) is 1. The van der Waals surface area contributed by atoms with E-state index in [1.807, 2.05) is 33.1 Å². The number of nitrogens with zero attached hydrogens (tertiary/aromatic N) is 8. The van der Waals surface area contributed by atoms with Gasteiger partial charge in [0.2, 0.25) is 5.28 Å². The van der Waals surface area contributed by atoms with Crippen LogP contribution in [-0.4, -0.2) is 49.7 Å². The van der Waals surface area contributed by atoms with Crippen LogP contribution < -0.4 is 0 Å². The number of imidazole rings is 1. The van der Waals surface area contributed by atoms with Crippen LogP contribution in [0.15, 0.2) is 36.7 Å². The molecule has 1 fully saturated rings. The molecule has 4 heterocycles. The summed E-state index contributed by atoms with van der Waals surface area (Å²) in [6.07, 6.45) is 5.37. The van der Waals surface area contributed by atoms with Crippen molar-refractivity contribution in [3.05, 3.63) is 47.6 Å². The molecule has 0 spiro atoms. The van der Waals surface area contributed by atoms with Gasteiger partial charge in [-0.3, -0.25) is 4.40 Å². The number of benzene rings is 1. The number of fused-ring (bicyclic) bond motifs is 6. The lowest BCUT2D eigenvalue weighted by atomic mass is 10.2. The third kappa shape index (κ3) is 2.06. The van der Waals surface area contributed by atoms with Gasteiger partial charge in [0, 0.05) is 11.8 Å². The van der Waals surface area contributed by atoms with Gasteiger partial charge in [-0.05, 0) is 36.6 Å². The maximum absolute atomic E-state index is 10.3. The highest BCUT2D eigenvalue weighted by Gasteiger charge is 2.41. The Morgan fingerprint density at radius 2 is 1.96 bits per heavy atom. The molecule has 6 rings (SSSR count). The van der Waals surface area contributed by atoms with E-state index in [4.69, 9.17) is 11.6 Å².